The van der Waals surface area contributed by atoms with Gasteiger partial charge in [0.25, 0.3) is 11.6 Å². The molecule has 0 atom stereocenters. The van der Waals surface area contributed by atoms with Gasteiger partial charge in [-0.15, -0.1) is 11.8 Å². The van der Waals surface area contributed by atoms with Crippen molar-refractivity contribution < 1.29 is 18.8 Å². The lowest BCUT2D eigenvalue weighted by Gasteiger charge is -2.28. The summed E-state index contributed by atoms with van der Waals surface area (Å²) in [5.74, 6) is 0.158. The lowest BCUT2D eigenvalue weighted by molar-refractivity contribution is -0.384. The molecule has 3 rings (SSSR count). The highest BCUT2D eigenvalue weighted by Gasteiger charge is 2.23. The number of nitrogens with one attached hydrogen (secondary N) is 1. The van der Waals surface area contributed by atoms with Crippen molar-refractivity contribution in [2.75, 3.05) is 43.5 Å². The number of benzene rings is 2. The maximum Gasteiger partial charge on any atom is 0.293 e. The molecule has 1 saturated heterocycles. The summed E-state index contributed by atoms with van der Waals surface area (Å²) in [5, 5.41) is 14.3. The molecular weight excluding hydrogens is 397 g/mol. The number of nitro benzene ring substituents is 1. The number of nitrogens with zero attached hydrogens (tertiary/aromatic N) is 2. The largest absolute Gasteiger partial charge is 0.378 e. The number of morpholine rings is 1. The lowest BCUT2D eigenvalue weighted by atomic mass is 10.1. The first-order chi connectivity index (χ1) is 14.0. The Morgan fingerprint density at radius 2 is 1.93 bits per heavy atom. The number of ether oxygens (including phenoxy) is 1. The topological polar surface area (TPSA) is 84.7 Å². The molecule has 7 nitrogen and oxygen atoms in total. The van der Waals surface area contributed by atoms with Gasteiger partial charge >= 0.3 is 0 Å². The number of halogens is 1. The van der Waals surface area contributed by atoms with Crippen molar-refractivity contribution in [1.29, 1.82) is 0 Å². The van der Waals surface area contributed by atoms with Gasteiger partial charge in [0.15, 0.2) is 0 Å². The molecule has 1 amide bonds. The molecule has 0 unspecified atom stereocenters. The van der Waals surface area contributed by atoms with Gasteiger partial charge in [-0.05, 0) is 48.6 Å². The fraction of sp³-hybridized carbons (Fsp3) is 0.350. The zero-order valence-corrected chi connectivity index (χ0v) is 16.6. The first kappa shape index (κ1) is 21.1. The minimum Gasteiger partial charge on any atom is -0.378 e. The van der Waals surface area contributed by atoms with Gasteiger partial charge in [-0.3, -0.25) is 14.9 Å². The Morgan fingerprint density at radius 1 is 1.21 bits per heavy atom. The summed E-state index contributed by atoms with van der Waals surface area (Å²) in [6, 6.07) is 10.8. The zero-order valence-electron chi connectivity index (χ0n) is 15.8. The zero-order chi connectivity index (χ0) is 20.6. The molecule has 2 aromatic carbocycles. The first-order valence-electron chi connectivity index (χ1n) is 9.32. The second-order valence-corrected chi connectivity index (χ2v) is 7.64. The van der Waals surface area contributed by atoms with E-state index in [9.17, 15) is 19.3 Å². The standard InChI is InChI=1S/C20H22FN3O4S/c21-16-3-5-17(6-4-16)29-13-1-8-22-20(25)15-2-7-18(19(14-15)24(26)27)23-9-11-28-12-10-23/h2-7,14H,1,8-13H2,(H,22,25). The van der Waals surface area contributed by atoms with E-state index in [4.69, 9.17) is 4.74 Å². The number of rotatable bonds is 8. The Kier molecular flexibility index (Phi) is 7.42. The van der Waals surface area contributed by atoms with Crippen molar-refractivity contribution in [2.24, 2.45) is 0 Å². The van der Waals surface area contributed by atoms with E-state index in [1.54, 1.807) is 36.0 Å². The van der Waals surface area contributed by atoms with Crippen molar-refractivity contribution in [2.45, 2.75) is 11.3 Å². The van der Waals surface area contributed by atoms with E-state index in [0.29, 0.717) is 38.5 Å². The maximum atomic E-state index is 12.9. The molecule has 29 heavy (non-hydrogen) atoms. The Bertz CT molecular complexity index is 857. The van der Waals surface area contributed by atoms with E-state index in [-0.39, 0.29) is 23.0 Å². The summed E-state index contributed by atoms with van der Waals surface area (Å²) in [6.45, 7) is 2.66. The van der Waals surface area contributed by atoms with Gasteiger partial charge < -0.3 is 15.0 Å². The van der Waals surface area contributed by atoms with E-state index < -0.39 is 4.92 Å². The molecule has 9 heteroatoms. The third kappa shape index (κ3) is 5.91. The van der Waals surface area contributed by atoms with Crippen LogP contribution < -0.4 is 10.2 Å². The summed E-state index contributed by atoms with van der Waals surface area (Å²) in [6.07, 6.45) is 0.724. The maximum absolute atomic E-state index is 12.9. The van der Waals surface area contributed by atoms with E-state index in [1.165, 1.54) is 18.2 Å². The Hall–Kier alpha value is -2.65. The Labute approximate surface area is 172 Å². The van der Waals surface area contributed by atoms with Crippen LogP contribution in [0.1, 0.15) is 16.8 Å². The summed E-state index contributed by atoms with van der Waals surface area (Å²) in [5.41, 5.74) is 0.692. The predicted molar refractivity (Wildman–Crippen MR) is 110 cm³/mol. The molecule has 154 valence electrons. The first-order valence-corrected chi connectivity index (χ1v) is 10.3. The SMILES string of the molecule is O=C(NCCCSc1ccc(F)cc1)c1ccc(N2CCOCC2)c([N+](=O)[O-])c1. The average molecular weight is 419 g/mol. The normalized spacial score (nSPS) is 13.9. The fourth-order valence-corrected chi connectivity index (χ4v) is 3.83. The van der Waals surface area contributed by atoms with Crippen LogP contribution in [0.4, 0.5) is 15.8 Å². The van der Waals surface area contributed by atoms with Gasteiger partial charge in [-0.1, -0.05) is 0 Å². The van der Waals surface area contributed by atoms with Crippen LogP contribution in [0.2, 0.25) is 0 Å². The molecule has 0 aliphatic carbocycles. The second-order valence-electron chi connectivity index (χ2n) is 6.47. The van der Waals surface area contributed by atoms with Crippen LogP contribution in [-0.4, -0.2) is 49.4 Å². The highest BCUT2D eigenvalue weighted by molar-refractivity contribution is 7.99. The third-order valence-corrected chi connectivity index (χ3v) is 5.57. The number of hydrogen-bond donors (Lipinski definition) is 1. The number of anilines is 1. The molecule has 1 aliphatic rings. The molecule has 1 N–H and O–H groups in total. The van der Waals surface area contributed by atoms with E-state index >= 15 is 0 Å². The number of nitro groups is 1. The summed E-state index contributed by atoms with van der Waals surface area (Å²) in [4.78, 5) is 26.3. The average Bonchev–Trinajstić information content (AvgIpc) is 2.75. The number of hydrogen-bond acceptors (Lipinski definition) is 6. The number of amides is 1. The van der Waals surface area contributed by atoms with Gasteiger partial charge in [-0.25, -0.2) is 4.39 Å². The Balaban J connectivity index is 1.52. The smallest absolute Gasteiger partial charge is 0.293 e. The molecule has 2 aromatic rings. The van der Waals surface area contributed by atoms with Crippen LogP contribution in [0.15, 0.2) is 47.4 Å². The molecule has 1 fully saturated rings. The van der Waals surface area contributed by atoms with Gasteiger partial charge in [0.1, 0.15) is 11.5 Å². The van der Waals surface area contributed by atoms with Gasteiger partial charge in [0, 0.05) is 36.2 Å². The highest BCUT2D eigenvalue weighted by atomic mass is 32.2. The molecule has 0 saturated carbocycles. The summed E-state index contributed by atoms with van der Waals surface area (Å²) < 4.78 is 18.2. The van der Waals surface area contributed by atoms with Crippen LogP contribution in [-0.2, 0) is 4.74 Å². The van der Waals surface area contributed by atoms with E-state index in [1.807, 2.05) is 4.90 Å². The summed E-state index contributed by atoms with van der Waals surface area (Å²) >= 11 is 1.58. The quantitative estimate of drug-likeness (QED) is 0.305. The molecule has 1 aliphatic heterocycles. The van der Waals surface area contributed by atoms with Crippen molar-refractivity contribution in [3.63, 3.8) is 0 Å². The van der Waals surface area contributed by atoms with Crippen LogP contribution in [0.5, 0.6) is 0 Å². The fourth-order valence-electron chi connectivity index (χ4n) is 2.98. The minimum absolute atomic E-state index is 0.0774. The molecule has 0 bridgehead atoms. The van der Waals surface area contributed by atoms with Crippen LogP contribution in [0.3, 0.4) is 0 Å². The van der Waals surface area contributed by atoms with Crippen LogP contribution in [0, 0.1) is 15.9 Å². The van der Waals surface area contributed by atoms with Crippen molar-refractivity contribution >= 4 is 29.0 Å². The molecule has 0 spiro atoms. The third-order valence-electron chi connectivity index (χ3n) is 4.48. The molecule has 1 heterocycles. The number of thioether (sulfide) groups is 1. The Morgan fingerprint density at radius 3 is 2.62 bits per heavy atom. The summed E-state index contributed by atoms with van der Waals surface area (Å²) in [7, 11) is 0. The monoisotopic (exact) mass is 419 g/mol. The minimum atomic E-state index is -0.457. The lowest BCUT2D eigenvalue weighted by Crippen LogP contribution is -2.36. The molecule has 0 radical (unpaired) electrons. The van der Waals surface area contributed by atoms with Gasteiger partial charge in [-0.2, -0.15) is 0 Å². The highest BCUT2D eigenvalue weighted by Crippen LogP contribution is 2.30. The molecule has 0 aromatic heterocycles. The number of carbonyl (C=O) groups excluding carboxylic acids is 1. The van der Waals surface area contributed by atoms with Crippen molar-refractivity contribution in [1.82, 2.24) is 5.32 Å². The van der Waals surface area contributed by atoms with Gasteiger partial charge in [0.05, 0.1) is 18.1 Å². The van der Waals surface area contributed by atoms with Crippen molar-refractivity contribution in [3.8, 4) is 0 Å². The van der Waals surface area contributed by atoms with E-state index in [2.05, 4.69) is 5.32 Å². The van der Waals surface area contributed by atoms with E-state index in [0.717, 1.165) is 17.1 Å². The second kappa shape index (κ2) is 10.2. The molecular formula is C20H22FN3O4S. The van der Waals surface area contributed by atoms with Crippen LogP contribution in [0.25, 0.3) is 0 Å². The van der Waals surface area contributed by atoms with Gasteiger partial charge in [0.2, 0.25) is 0 Å². The van der Waals surface area contributed by atoms with Crippen molar-refractivity contribution in [3.05, 3.63) is 64.0 Å². The van der Waals surface area contributed by atoms with Crippen LogP contribution >= 0.6 is 11.8 Å². The number of carbonyl (C=O) groups is 1. The predicted octanol–water partition coefficient (Wildman–Crippen LogP) is 3.48.